The average Bonchev–Trinajstić information content (AvgIpc) is 2.42. The van der Waals surface area contributed by atoms with Crippen molar-refractivity contribution in [2.75, 3.05) is 0 Å². The molecule has 4 unspecified atom stereocenters. The van der Waals surface area contributed by atoms with Crippen LogP contribution in [0.15, 0.2) is 0 Å². The van der Waals surface area contributed by atoms with Gasteiger partial charge in [-0.3, -0.25) is 0 Å². The molecule has 1 heteroatoms. The molecule has 91 valence electrons. The summed E-state index contributed by atoms with van der Waals surface area (Å²) in [6.45, 7) is 22.6. The second-order valence-corrected chi connectivity index (χ2v) is 4.10. The van der Waals surface area contributed by atoms with Crippen LogP contribution in [0.3, 0.4) is 0 Å². The Hall–Kier alpha value is 1.10. The van der Waals surface area contributed by atoms with E-state index in [1.165, 1.54) is 0 Å². The summed E-state index contributed by atoms with van der Waals surface area (Å²) in [6.07, 6.45) is 0. The quantitative estimate of drug-likeness (QED) is 0.558. The molecule has 0 aliphatic heterocycles. The minimum Gasteiger partial charge on any atom is -0.346 e. The molecule has 1 saturated carbocycles. The summed E-state index contributed by atoms with van der Waals surface area (Å²) in [7, 11) is 0. The minimum atomic E-state index is 0. The zero-order valence-corrected chi connectivity index (χ0v) is 14.7. The van der Waals surface area contributed by atoms with Crippen LogP contribution in [-0.4, -0.2) is 0 Å². The Labute approximate surface area is 124 Å². The standard InChI is InChI=1S/C10H19.C2H6.C2H5.Y/c1-6-7(2)9(4)10(5)8(6)3;2*1-2;/h6-10H,1H2,2-5H3;1-2H3;1H2,2H3;/q-1;;-1;. The Balaban J connectivity index is -0.000000258. The summed E-state index contributed by atoms with van der Waals surface area (Å²) in [5.74, 6) is 4.08. The van der Waals surface area contributed by atoms with Gasteiger partial charge in [0.15, 0.2) is 0 Å². The Morgan fingerprint density at radius 2 is 0.867 bits per heavy atom. The van der Waals surface area contributed by atoms with Crippen LogP contribution in [0, 0.1) is 43.4 Å². The number of rotatable bonds is 0. The maximum absolute atomic E-state index is 4.20. The van der Waals surface area contributed by atoms with E-state index in [4.69, 9.17) is 0 Å². The molecule has 1 radical (unpaired) electrons. The van der Waals surface area contributed by atoms with Gasteiger partial charge in [-0.25, -0.2) is 0 Å². The minimum absolute atomic E-state index is 0. The predicted octanol–water partition coefficient (Wildman–Crippen LogP) is 4.86. The third-order valence-corrected chi connectivity index (χ3v) is 3.84. The first-order valence-electron chi connectivity index (χ1n) is 6.09. The maximum Gasteiger partial charge on any atom is 0 e. The zero-order valence-electron chi connectivity index (χ0n) is 11.9. The molecular weight excluding hydrogens is 257 g/mol. The Bertz CT molecular complexity index is 77.7. The smallest absolute Gasteiger partial charge is 0 e. The van der Waals surface area contributed by atoms with E-state index >= 15 is 0 Å². The molecule has 0 aromatic carbocycles. The summed E-state index contributed by atoms with van der Waals surface area (Å²) in [4.78, 5) is 0. The van der Waals surface area contributed by atoms with Crippen molar-refractivity contribution in [2.24, 2.45) is 29.6 Å². The van der Waals surface area contributed by atoms with Gasteiger partial charge >= 0.3 is 0 Å². The van der Waals surface area contributed by atoms with E-state index in [1.807, 2.05) is 13.8 Å². The van der Waals surface area contributed by atoms with Crippen molar-refractivity contribution in [3.05, 3.63) is 13.8 Å². The Morgan fingerprint density at radius 1 is 0.667 bits per heavy atom. The van der Waals surface area contributed by atoms with Crippen molar-refractivity contribution in [1.29, 1.82) is 0 Å². The topological polar surface area (TPSA) is 0 Å². The molecule has 0 N–H and O–H groups in total. The van der Waals surface area contributed by atoms with E-state index in [0.29, 0.717) is 5.92 Å². The van der Waals surface area contributed by atoms with E-state index in [9.17, 15) is 0 Å². The Kier molecular flexibility index (Phi) is 16.5. The molecule has 1 fully saturated rings. The normalized spacial score (nSPS) is 37.8. The van der Waals surface area contributed by atoms with E-state index < -0.39 is 0 Å². The van der Waals surface area contributed by atoms with Gasteiger partial charge in [0.05, 0.1) is 0 Å². The van der Waals surface area contributed by atoms with Crippen LogP contribution in [0.4, 0.5) is 0 Å². The largest absolute Gasteiger partial charge is 0.346 e. The molecule has 1 aliphatic rings. The Morgan fingerprint density at radius 3 is 0.933 bits per heavy atom. The molecule has 0 spiro atoms. The fourth-order valence-electron chi connectivity index (χ4n) is 2.22. The zero-order chi connectivity index (χ0) is 11.9. The molecule has 0 aromatic rings. The summed E-state index contributed by atoms with van der Waals surface area (Å²) in [6, 6.07) is 0. The number of hydrogen-bond acceptors (Lipinski definition) is 0. The molecule has 4 atom stereocenters. The number of hydrogen-bond donors (Lipinski definition) is 0. The van der Waals surface area contributed by atoms with Crippen LogP contribution in [0.1, 0.15) is 48.5 Å². The first-order valence-corrected chi connectivity index (χ1v) is 6.09. The van der Waals surface area contributed by atoms with Gasteiger partial charge < -0.3 is 13.8 Å². The van der Waals surface area contributed by atoms with Crippen LogP contribution in [0.2, 0.25) is 0 Å². The first kappa shape index (κ1) is 21.4. The molecule has 0 amide bonds. The average molecular weight is 287 g/mol. The molecule has 0 nitrogen and oxygen atoms in total. The third-order valence-electron chi connectivity index (χ3n) is 3.84. The fraction of sp³-hybridized carbons (Fsp3) is 0.857. The van der Waals surface area contributed by atoms with Crippen molar-refractivity contribution in [1.82, 2.24) is 0 Å². The van der Waals surface area contributed by atoms with Gasteiger partial charge in [-0.2, -0.15) is 12.8 Å². The monoisotopic (exact) mass is 287 g/mol. The van der Waals surface area contributed by atoms with Gasteiger partial charge in [-0.05, 0) is 11.8 Å². The summed E-state index contributed by atoms with van der Waals surface area (Å²) < 4.78 is 0. The van der Waals surface area contributed by atoms with E-state index in [0.717, 1.165) is 23.7 Å². The summed E-state index contributed by atoms with van der Waals surface area (Å²) in [5.41, 5.74) is 0. The molecule has 0 bridgehead atoms. The van der Waals surface area contributed by atoms with Gasteiger partial charge in [0.1, 0.15) is 0 Å². The summed E-state index contributed by atoms with van der Waals surface area (Å²) >= 11 is 0. The van der Waals surface area contributed by atoms with Crippen molar-refractivity contribution in [3.8, 4) is 0 Å². The van der Waals surface area contributed by atoms with Crippen LogP contribution in [-0.2, 0) is 32.7 Å². The van der Waals surface area contributed by atoms with Crippen LogP contribution < -0.4 is 0 Å². The van der Waals surface area contributed by atoms with E-state index in [1.54, 1.807) is 6.92 Å². The predicted molar refractivity (Wildman–Crippen MR) is 67.9 cm³/mol. The molecule has 1 rings (SSSR count). The van der Waals surface area contributed by atoms with E-state index in [2.05, 4.69) is 41.5 Å². The second-order valence-electron chi connectivity index (χ2n) is 4.10. The molecule has 15 heavy (non-hydrogen) atoms. The van der Waals surface area contributed by atoms with E-state index in [-0.39, 0.29) is 32.7 Å². The second kappa shape index (κ2) is 11.6. The van der Waals surface area contributed by atoms with Gasteiger partial charge in [0.25, 0.3) is 0 Å². The molecule has 0 saturated heterocycles. The van der Waals surface area contributed by atoms with Crippen molar-refractivity contribution in [3.63, 3.8) is 0 Å². The molecule has 0 heterocycles. The van der Waals surface area contributed by atoms with Crippen molar-refractivity contribution < 1.29 is 32.7 Å². The third kappa shape index (κ3) is 5.82. The van der Waals surface area contributed by atoms with Crippen molar-refractivity contribution >= 4 is 0 Å². The van der Waals surface area contributed by atoms with Gasteiger partial charge in [-0.1, -0.05) is 53.4 Å². The van der Waals surface area contributed by atoms with Gasteiger partial charge in [0, 0.05) is 32.7 Å². The first-order chi connectivity index (χ1) is 6.55. The van der Waals surface area contributed by atoms with Crippen LogP contribution in [0.5, 0.6) is 0 Å². The maximum atomic E-state index is 4.20. The molecular formula is C14H30Y-2. The van der Waals surface area contributed by atoms with Crippen LogP contribution >= 0.6 is 0 Å². The molecule has 0 aromatic heterocycles. The van der Waals surface area contributed by atoms with Gasteiger partial charge in [-0.15, -0.1) is 0 Å². The van der Waals surface area contributed by atoms with Crippen molar-refractivity contribution in [2.45, 2.75) is 48.5 Å². The van der Waals surface area contributed by atoms with Gasteiger partial charge in [0.2, 0.25) is 0 Å². The fourth-order valence-corrected chi connectivity index (χ4v) is 2.22. The molecule has 1 aliphatic carbocycles. The summed E-state index contributed by atoms with van der Waals surface area (Å²) in [5, 5.41) is 0. The van der Waals surface area contributed by atoms with Crippen LogP contribution in [0.25, 0.3) is 0 Å². The SMILES string of the molecule is CC.[CH2-]C.[CH2-]C1C(C)C(C)C(C)C1C.[Y].